The summed E-state index contributed by atoms with van der Waals surface area (Å²) in [7, 11) is 1.24. The highest BCUT2D eigenvalue weighted by Crippen LogP contribution is 2.38. The number of hydrogen-bond acceptors (Lipinski definition) is 6. The largest absolute Gasteiger partial charge is 0.756 e. The molecule has 0 aromatic rings. The van der Waals surface area contributed by atoms with Crippen molar-refractivity contribution >= 4 is 13.7 Å². The Kier molecular flexibility index (Phi) is 59.5. The van der Waals surface area contributed by atoms with Crippen molar-refractivity contribution in [3.8, 4) is 0 Å². The monoisotopic (exact) mass is 1140 g/mol. The van der Waals surface area contributed by atoms with Gasteiger partial charge < -0.3 is 28.8 Å². The van der Waals surface area contributed by atoms with Crippen LogP contribution in [-0.4, -0.2) is 68.5 Å². The van der Waals surface area contributed by atoms with E-state index >= 15 is 0 Å². The number of phosphoric ester groups is 1. The van der Waals surface area contributed by atoms with Gasteiger partial charge in [-0.2, -0.15) is 0 Å². The fraction of sp³-hybridized carbons (Fsp3) is 0.789. The first-order valence-corrected chi connectivity index (χ1v) is 35.4. The van der Waals surface area contributed by atoms with Gasteiger partial charge in [-0.05, 0) is 77.0 Å². The highest BCUT2D eigenvalue weighted by molar-refractivity contribution is 7.45. The molecular weight excluding hydrogens is 1010 g/mol. The van der Waals surface area contributed by atoms with E-state index in [4.69, 9.17) is 9.05 Å². The normalized spacial score (nSPS) is 14.2. The van der Waals surface area contributed by atoms with E-state index in [0.29, 0.717) is 17.4 Å². The number of carbonyl (C=O) groups is 1. The molecule has 0 radical (unpaired) electrons. The highest BCUT2D eigenvalue weighted by atomic mass is 31.2. The Hall–Kier alpha value is -2.32. The maximum absolute atomic E-state index is 13.0. The molecule has 0 saturated carbocycles. The molecule has 0 aliphatic rings. The van der Waals surface area contributed by atoms with Gasteiger partial charge >= 0.3 is 0 Å². The van der Waals surface area contributed by atoms with Gasteiger partial charge in [0.2, 0.25) is 5.91 Å². The molecule has 3 atom stereocenters. The molecule has 0 saturated heterocycles. The van der Waals surface area contributed by atoms with Crippen LogP contribution in [-0.2, 0) is 18.4 Å². The molecule has 0 aromatic heterocycles. The van der Waals surface area contributed by atoms with Crippen molar-refractivity contribution < 1.29 is 32.9 Å². The van der Waals surface area contributed by atoms with Crippen LogP contribution in [0.15, 0.2) is 85.1 Å². The van der Waals surface area contributed by atoms with Crippen molar-refractivity contribution in [3.05, 3.63) is 85.1 Å². The summed E-state index contributed by atoms with van der Waals surface area (Å²) < 4.78 is 23.4. The number of quaternary nitrogens is 1. The van der Waals surface area contributed by atoms with E-state index in [2.05, 4.69) is 92.1 Å². The smallest absolute Gasteiger partial charge is 0.268 e. The van der Waals surface area contributed by atoms with Crippen LogP contribution in [0.25, 0.3) is 0 Å². The summed E-state index contributed by atoms with van der Waals surface area (Å²) in [6.07, 6.45) is 87.0. The van der Waals surface area contributed by atoms with Crippen LogP contribution in [0.4, 0.5) is 0 Å². The van der Waals surface area contributed by atoms with Gasteiger partial charge in [0.1, 0.15) is 13.2 Å². The van der Waals surface area contributed by atoms with E-state index in [1.165, 1.54) is 218 Å². The van der Waals surface area contributed by atoms with Gasteiger partial charge in [0, 0.05) is 6.42 Å². The summed E-state index contributed by atoms with van der Waals surface area (Å²) in [6.45, 7) is 4.54. The quantitative estimate of drug-likeness (QED) is 0.0272. The SMILES string of the molecule is CC/C=C\C/C=C\C/C=C\C/C=C\C/C=C\CCCCCCCCCCCCCC(=O)NC(COP(=O)([O-])OCC[N+](C)(C)C)C(O)/C=C/CC/C=C/CCCCCCCCCCCCCCCCCCCCCCCCCCC. The summed E-state index contributed by atoms with van der Waals surface area (Å²) in [5.41, 5.74) is 0. The summed E-state index contributed by atoms with van der Waals surface area (Å²) in [5.74, 6) is -0.210. The van der Waals surface area contributed by atoms with Crippen LogP contribution in [0.2, 0.25) is 0 Å². The number of likely N-dealkylation sites (N-methyl/N-ethyl adjacent to an activating group) is 1. The zero-order valence-electron chi connectivity index (χ0n) is 53.3. The van der Waals surface area contributed by atoms with Gasteiger partial charge in [0.05, 0.1) is 39.9 Å². The zero-order valence-corrected chi connectivity index (χ0v) is 54.2. The number of aliphatic hydroxyl groups is 1. The van der Waals surface area contributed by atoms with E-state index in [-0.39, 0.29) is 12.5 Å². The predicted molar refractivity (Wildman–Crippen MR) is 348 cm³/mol. The lowest BCUT2D eigenvalue weighted by atomic mass is 10.0. The Bertz CT molecular complexity index is 1580. The van der Waals surface area contributed by atoms with Gasteiger partial charge in [-0.25, -0.2) is 0 Å². The van der Waals surface area contributed by atoms with Gasteiger partial charge in [0.15, 0.2) is 0 Å². The fourth-order valence-corrected chi connectivity index (χ4v) is 10.6. The molecule has 3 unspecified atom stereocenters. The Morgan fingerprint density at radius 3 is 1.16 bits per heavy atom. The molecule has 0 heterocycles. The number of phosphoric acid groups is 1. The Morgan fingerprint density at radius 2 is 0.775 bits per heavy atom. The summed E-state index contributed by atoms with van der Waals surface area (Å²) in [4.78, 5) is 25.6. The molecule has 1 amide bonds. The Labute approximate surface area is 497 Å². The number of aliphatic hydroxyl groups excluding tert-OH is 1. The molecule has 0 aliphatic heterocycles. The molecule has 80 heavy (non-hydrogen) atoms. The summed E-state index contributed by atoms with van der Waals surface area (Å²) in [5, 5.41) is 13.9. The molecule has 8 nitrogen and oxygen atoms in total. The summed E-state index contributed by atoms with van der Waals surface area (Å²) in [6, 6.07) is -0.912. The number of nitrogens with zero attached hydrogens (tertiary/aromatic N) is 1. The standard InChI is InChI=1S/C71H131N2O6P/c1-6-8-10-12-14-16-18-20-22-24-26-28-30-32-34-35-36-37-39-40-42-44-46-48-50-52-54-56-58-60-62-64-70(74)69(68-79-80(76,77)78-67-66-73(3,4)5)72-71(75)65-63-61-59-57-55-53-51-49-47-45-43-41-38-33-31-29-27-25-23-21-19-17-15-13-11-9-7-2/h9,11,15,17,21,23,27,29,33,38,54,56,62,64,69-70,74H,6-8,10,12-14,16,18-20,22,24-26,28,30-32,34-37,39-53,55,57-61,63,65-68H2,1-5H3,(H-,72,75,76,77)/b11-9-,17-15-,23-21-,29-27-,38-33-,56-54+,64-62+. The van der Waals surface area contributed by atoms with Crippen LogP contribution in [0.3, 0.4) is 0 Å². The van der Waals surface area contributed by atoms with Crippen molar-refractivity contribution in [3.63, 3.8) is 0 Å². The first-order valence-electron chi connectivity index (χ1n) is 33.9. The first kappa shape index (κ1) is 77.7. The van der Waals surface area contributed by atoms with E-state index in [9.17, 15) is 19.4 Å². The van der Waals surface area contributed by atoms with Crippen LogP contribution >= 0.6 is 7.82 Å². The summed E-state index contributed by atoms with van der Waals surface area (Å²) >= 11 is 0. The van der Waals surface area contributed by atoms with Gasteiger partial charge in [-0.15, -0.1) is 0 Å². The molecular formula is C71H131N2O6P. The molecule has 9 heteroatoms. The third-order valence-corrected chi connectivity index (χ3v) is 16.1. The van der Waals surface area contributed by atoms with Crippen LogP contribution < -0.4 is 10.2 Å². The van der Waals surface area contributed by atoms with Crippen LogP contribution in [0.5, 0.6) is 0 Å². The second-order valence-corrected chi connectivity index (χ2v) is 25.6. The molecule has 0 bridgehead atoms. The average molecular weight is 1140 g/mol. The number of nitrogens with one attached hydrogen (secondary N) is 1. The minimum atomic E-state index is -4.62. The Morgan fingerprint density at radius 1 is 0.450 bits per heavy atom. The lowest BCUT2D eigenvalue weighted by Gasteiger charge is -2.29. The van der Waals surface area contributed by atoms with Crippen molar-refractivity contribution in [1.29, 1.82) is 0 Å². The molecule has 2 N–H and O–H groups in total. The van der Waals surface area contributed by atoms with E-state index in [1.807, 2.05) is 27.2 Å². The molecule has 0 fully saturated rings. The third kappa shape index (κ3) is 63.3. The zero-order chi connectivity index (χ0) is 58.4. The van der Waals surface area contributed by atoms with E-state index < -0.39 is 26.6 Å². The lowest BCUT2D eigenvalue weighted by molar-refractivity contribution is -0.870. The van der Waals surface area contributed by atoms with E-state index in [0.717, 1.165) is 70.6 Å². The maximum atomic E-state index is 13.0. The van der Waals surface area contributed by atoms with E-state index in [1.54, 1.807) is 6.08 Å². The maximum Gasteiger partial charge on any atom is 0.268 e. The first-order chi connectivity index (χ1) is 39.0. The molecule has 0 spiro atoms. The third-order valence-electron chi connectivity index (χ3n) is 15.1. The van der Waals surface area contributed by atoms with Crippen molar-refractivity contribution in [1.82, 2.24) is 5.32 Å². The van der Waals surface area contributed by atoms with Crippen molar-refractivity contribution in [2.24, 2.45) is 0 Å². The van der Waals surface area contributed by atoms with Crippen LogP contribution in [0.1, 0.15) is 309 Å². The number of carbonyl (C=O) groups excluding carboxylic acids is 1. The lowest BCUT2D eigenvalue weighted by Crippen LogP contribution is -2.45. The van der Waals surface area contributed by atoms with Crippen molar-refractivity contribution in [2.75, 3.05) is 40.9 Å². The van der Waals surface area contributed by atoms with Gasteiger partial charge in [-0.1, -0.05) is 311 Å². The van der Waals surface area contributed by atoms with Crippen molar-refractivity contribution in [2.45, 2.75) is 321 Å². The number of unbranched alkanes of at least 4 members (excludes halogenated alkanes) is 37. The minimum absolute atomic E-state index is 0.00998. The predicted octanol–water partition coefficient (Wildman–Crippen LogP) is 20.9. The molecule has 0 rings (SSSR count). The number of amides is 1. The van der Waals surface area contributed by atoms with Gasteiger partial charge in [0.25, 0.3) is 7.82 Å². The second-order valence-electron chi connectivity index (χ2n) is 24.1. The Balaban J connectivity index is 4.14. The number of allylic oxidation sites excluding steroid dienone is 13. The highest BCUT2D eigenvalue weighted by Gasteiger charge is 2.23. The topological polar surface area (TPSA) is 108 Å². The molecule has 0 aromatic carbocycles. The second kappa shape index (κ2) is 61.2. The molecule has 466 valence electrons. The molecule has 0 aliphatic carbocycles. The van der Waals surface area contributed by atoms with Gasteiger partial charge in [-0.3, -0.25) is 9.36 Å². The average Bonchev–Trinajstić information content (AvgIpc) is 3.42. The number of hydrogen-bond donors (Lipinski definition) is 2. The number of rotatable bonds is 62. The fourth-order valence-electron chi connectivity index (χ4n) is 9.85. The van der Waals surface area contributed by atoms with Crippen LogP contribution in [0, 0.1) is 0 Å². The minimum Gasteiger partial charge on any atom is -0.756 e.